The Hall–Kier alpha value is -1.71. The van der Waals surface area contributed by atoms with Gasteiger partial charge in [0.05, 0.1) is 7.11 Å². The number of hydrogen-bond donors (Lipinski definition) is 1. The van der Waals surface area contributed by atoms with Crippen LogP contribution >= 0.6 is 12.4 Å². The number of rotatable bonds is 5. The predicted octanol–water partition coefficient (Wildman–Crippen LogP) is 3.72. The van der Waals surface area contributed by atoms with Crippen LogP contribution in [0.25, 0.3) is 0 Å². The molecule has 0 aliphatic rings. The Morgan fingerprint density at radius 1 is 1.10 bits per heavy atom. The maximum atomic E-state index is 5.95. The Bertz CT molecular complexity index is 529. The minimum Gasteiger partial charge on any atom is -0.497 e. The van der Waals surface area contributed by atoms with Gasteiger partial charge in [-0.25, -0.2) is 0 Å². The van der Waals surface area contributed by atoms with Gasteiger partial charge in [0.25, 0.3) is 0 Å². The van der Waals surface area contributed by atoms with Crippen LogP contribution in [0.4, 0.5) is 0 Å². The second kappa shape index (κ2) is 7.78. The van der Waals surface area contributed by atoms with Gasteiger partial charge in [-0.05, 0) is 18.6 Å². The number of hydrogen-bond acceptors (Lipinski definition) is 3. The number of nitrogens with two attached hydrogens (primary N) is 1. The van der Waals surface area contributed by atoms with E-state index < -0.39 is 0 Å². The molecule has 0 radical (unpaired) electrons. The van der Waals surface area contributed by atoms with Crippen LogP contribution in [-0.2, 0) is 6.61 Å². The van der Waals surface area contributed by atoms with Gasteiger partial charge >= 0.3 is 0 Å². The zero-order valence-corrected chi connectivity index (χ0v) is 12.5. The lowest BCUT2D eigenvalue weighted by Gasteiger charge is -2.15. The van der Waals surface area contributed by atoms with Crippen molar-refractivity contribution >= 4 is 12.4 Å². The van der Waals surface area contributed by atoms with Gasteiger partial charge in [-0.1, -0.05) is 36.4 Å². The first-order valence-corrected chi connectivity index (χ1v) is 6.31. The summed E-state index contributed by atoms with van der Waals surface area (Å²) in [6, 6.07) is 15.7. The zero-order valence-electron chi connectivity index (χ0n) is 11.7. The highest BCUT2D eigenvalue weighted by atomic mass is 35.5. The molecule has 108 valence electrons. The van der Waals surface area contributed by atoms with Crippen LogP contribution in [0.3, 0.4) is 0 Å². The summed E-state index contributed by atoms with van der Waals surface area (Å²) in [5, 5.41) is 0. The van der Waals surface area contributed by atoms with Crippen molar-refractivity contribution in [3.8, 4) is 11.5 Å². The average molecular weight is 294 g/mol. The van der Waals surface area contributed by atoms with Crippen molar-refractivity contribution in [2.75, 3.05) is 7.11 Å². The molecular formula is C16H20ClNO2. The fourth-order valence-corrected chi connectivity index (χ4v) is 1.88. The molecule has 0 aliphatic carbocycles. The number of halogens is 1. The summed E-state index contributed by atoms with van der Waals surface area (Å²) in [6.45, 7) is 2.46. The molecule has 0 bridgehead atoms. The standard InChI is InChI=1S/C16H19NO2.ClH/c1-12(17)15-9-8-14(18-2)10-16(15)19-11-13-6-4-3-5-7-13;/h3-10,12H,11,17H2,1-2H3;1H/t12-;/m0./s1. The minimum absolute atomic E-state index is 0. The third-order valence-corrected chi connectivity index (χ3v) is 2.95. The molecule has 3 nitrogen and oxygen atoms in total. The molecule has 0 aromatic heterocycles. The van der Waals surface area contributed by atoms with Crippen molar-refractivity contribution in [1.82, 2.24) is 0 Å². The van der Waals surface area contributed by atoms with E-state index in [4.69, 9.17) is 15.2 Å². The summed E-state index contributed by atoms with van der Waals surface area (Å²) in [4.78, 5) is 0. The van der Waals surface area contributed by atoms with Crippen molar-refractivity contribution < 1.29 is 9.47 Å². The van der Waals surface area contributed by atoms with Crippen molar-refractivity contribution in [3.05, 3.63) is 59.7 Å². The summed E-state index contributed by atoms with van der Waals surface area (Å²) >= 11 is 0. The Balaban J connectivity index is 0.00000200. The van der Waals surface area contributed by atoms with Crippen LogP contribution in [-0.4, -0.2) is 7.11 Å². The summed E-state index contributed by atoms with van der Waals surface area (Å²) in [5.41, 5.74) is 8.06. The Morgan fingerprint density at radius 3 is 2.40 bits per heavy atom. The Labute approximate surface area is 126 Å². The average Bonchev–Trinajstić information content (AvgIpc) is 2.45. The van der Waals surface area contributed by atoms with Crippen molar-refractivity contribution in [1.29, 1.82) is 0 Å². The van der Waals surface area contributed by atoms with E-state index in [1.54, 1.807) is 7.11 Å². The van der Waals surface area contributed by atoms with Gasteiger partial charge in [-0.3, -0.25) is 0 Å². The van der Waals surface area contributed by atoms with E-state index >= 15 is 0 Å². The highest BCUT2D eigenvalue weighted by Crippen LogP contribution is 2.29. The third-order valence-electron chi connectivity index (χ3n) is 2.95. The van der Waals surface area contributed by atoms with Gasteiger partial charge in [-0.2, -0.15) is 0 Å². The van der Waals surface area contributed by atoms with Crippen molar-refractivity contribution in [2.24, 2.45) is 5.73 Å². The summed E-state index contributed by atoms with van der Waals surface area (Å²) in [6.07, 6.45) is 0. The monoisotopic (exact) mass is 293 g/mol. The fourth-order valence-electron chi connectivity index (χ4n) is 1.88. The van der Waals surface area contributed by atoms with E-state index in [0.29, 0.717) is 6.61 Å². The summed E-state index contributed by atoms with van der Waals surface area (Å²) < 4.78 is 11.1. The summed E-state index contributed by atoms with van der Waals surface area (Å²) in [7, 11) is 1.64. The molecule has 2 rings (SSSR count). The van der Waals surface area contributed by atoms with Gasteiger partial charge < -0.3 is 15.2 Å². The largest absolute Gasteiger partial charge is 0.497 e. The fraction of sp³-hybridized carbons (Fsp3) is 0.250. The number of benzene rings is 2. The topological polar surface area (TPSA) is 44.5 Å². The highest BCUT2D eigenvalue weighted by molar-refractivity contribution is 5.85. The molecule has 2 aromatic carbocycles. The van der Waals surface area contributed by atoms with Crippen LogP contribution in [0.5, 0.6) is 11.5 Å². The molecule has 4 heteroatoms. The third kappa shape index (κ3) is 4.15. The Morgan fingerprint density at radius 2 is 1.80 bits per heavy atom. The van der Waals surface area contributed by atoms with Gasteiger partial charge in [-0.15, -0.1) is 12.4 Å². The molecule has 0 saturated heterocycles. The second-order valence-electron chi connectivity index (χ2n) is 4.47. The highest BCUT2D eigenvalue weighted by Gasteiger charge is 2.09. The number of ether oxygens (including phenoxy) is 2. The molecular weight excluding hydrogens is 274 g/mol. The molecule has 0 amide bonds. The van der Waals surface area contributed by atoms with E-state index in [2.05, 4.69) is 0 Å². The molecule has 0 unspecified atom stereocenters. The smallest absolute Gasteiger partial charge is 0.128 e. The second-order valence-corrected chi connectivity index (χ2v) is 4.47. The lowest BCUT2D eigenvalue weighted by Crippen LogP contribution is -2.08. The first-order chi connectivity index (χ1) is 9.20. The quantitative estimate of drug-likeness (QED) is 0.914. The first kappa shape index (κ1) is 16.3. The van der Waals surface area contributed by atoms with Gasteiger partial charge in [0.2, 0.25) is 0 Å². The van der Waals surface area contributed by atoms with Crippen LogP contribution in [0, 0.1) is 0 Å². The van der Waals surface area contributed by atoms with E-state index in [-0.39, 0.29) is 18.4 Å². The molecule has 0 aliphatic heterocycles. The maximum Gasteiger partial charge on any atom is 0.128 e. The summed E-state index contributed by atoms with van der Waals surface area (Å²) in [5.74, 6) is 1.55. The molecule has 0 spiro atoms. The van der Waals surface area contributed by atoms with E-state index in [9.17, 15) is 0 Å². The molecule has 2 N–H and O–H groups in total. The number of methoxy groups -OCH3 is 1. The molecule has 0 fully saturated rings. The normalized spacial score (nSPS) is 11.3. The SMILES string of the molecule is COc1ccc([C@H](C)N)c(OCc2ccccc2)c1.Cl. The van der Waals surface area contributed by atoms with Gasteiger partial charge in [0.1, 0.15) is 18.1 Å². The minimum atomic E-state index is -0.0725. The molecule has 0 saturated carbocycles. The maximum absolute atomic E-state index is 5.95. The van der Waals surface area contributed by atoms with Crippen LogP contribution in [0.1, 0.15) is 24.1 Å². The molecule has 2 aromatic rings. The first-order valence-electron chi connectivity index (χ1n) is 6.31. The van der Waals surface area contributed by atoms with Gasteiger partial charge in [0.15, 0.2) is 0 Å². The van der Waals surface area contributed by atoms with E-state index in [1.165, 1.54) is 0 Å². The van der Waals surface area contributed by atoms with Crippen LogP contribution in [0.2, 0.25) is 0 Å². The lowest BCUT2D eigenvalue weighted by molar-refractivity contribution is 0.299. The van der Waals surface area contributed by atoms with Crippen molar-refractivity contribution in [3.63, 3.8) is 0 Å². The van der Waals surface area contributed by atoms with Crippen LogP contribution in [0.15, 0.2) is 48.5 Å². The van der Waals surface area contributed by atoms with Gasteiger partial charge in [0, 0.05) is 17.7 Å². The predicted molar refractivity (Wildman–Crippen MR) is 83.6 cm³/mol. The molecule has 1 atom stereocenters. The van der Waals surface area contributed by atoms with E-state index in [0.717, 1.165) is 22.6 Å². The zero-order chi connectivity index (χ0) is 13.7. The van der Waals surface area contributed by atoms with Crippen LogP contribution < -0.4 is 15.2 Å². The molecule has 20 heavy (non-hydrogen) atoms. The van der Waals surface area contributed by atoms with Crippen molar-refractivity contribution in [2.45, 2.75) is 19.6 Å². The van der Waals surface area contributed by atoms with E-state index in [1.807, 2.05) is 55.5 Å². The lowest BCUT2D eigenvalue weighted by atomic mass is 10.1. The molecule has 0 heterocycles. The Kier molecular flexibility index (Phi) is 6.36.